The van der Waals surface area contributed by atoms with E-state index in [2.05, 4.69) is 31.2 Å². The van der Waals surface area contributed by atoms with E-state index in [9.17, 15) is 5.11 Å². The average molecular weight is 275 g/mol. The predicted octanol–water partition coefficient (Wildman–Crippen LogP) is 4.22. The van der Waals surface area contributed by atoms with Gasteiger partial charge in [-0.05, 0) is 35.6 Å². The highest BCUT2D eigenvalue weighted by Gasteiger charge is 2.13. The van der Waals surface area contributed by atoms with Crippen LogP contribution in [0.3, 0.4) is 0 Å². The highest BCUT2D eigenvalue weighted by atomic mass is 35.5. The van der Waals surface area contributed by atoms with E-state index in [0.29, 0.717) is 0 Å². The molecule has 1 N–H and O–H groups in total. The van der Waals surface area contributed by atoms with Crippen LogP contribution in [0, 0.1) is 0 Å². The van der Waals surface area contributed by atoms with E-state index >= 15 is 0 Å². The second kappa shape index (κ2) is 6.74. The van der Waals surface area contributed by atoms with Crippen molar-refractivity contribution in [3.63, 3.8) is 0 Å². The molecule has 0 heterocycles. The van der Waals surface area contributed by atoms with Gasteiger partial charge in [-0.1, -0.05) is 61.0 Å². The fourth-order valence-corrected chi connectivity index (χ4v) is 2.46. The maximum Gasteiger partial charge on any atom is 0.0502 e. The van der Waals surface area contributed by atoms with Crippen molar-refractivity contribution in [2.45, 2.75) is 25.7 Å². The van der Waals surface area contributed by atoms with Crippen molar-refractivity contribution < 1.29 is 5.11 Å². The molecule has 0 radical (unpaired) electrons. The van der Waals surface area contributed by atoms with Gasteiger partial charge in [0, 0.05) is 10.9 Å². The largest absolute Gasteiger partial charge is 0.396 e. The van der Waals surface area contributed by atoms with E-state index in [4.69, 9.17) is 11.6 Å². The minimum absolute atomic E-state index is 0.103. The lowest BCUT2D eigenvalue weighted by Crippen LogP contribution is -2.08. The molecular weight excluding hydrogens is 256 g/mol. The van der Waals surface area contributed by atoms with Crippen LogP contribution >= 0.6 is 11.6 Å². The maximum atomic E-state index is 9.62. The molecule has 0 bridgehead atoms. The Hall–Kier alpha value is -1.31. The molecule has 0 aromatic heterocycles. The molecule has 19 heavy (non-hydrogen) atoms. The van der Waals surface area contributed by atoms with Gasteiger partial charge in [0.2, 0.25) is 0 Å². The summed E-state index contributed by atoms with van der Waals surface area (Å²) in [4.78, 5) is 0. The zero-order chi connectivity index (χ0) is 13.7. The summed E-state index contributed by atoms with van der Waals surface area (Å²) in [5, 5.41) is 10.4. The summed E-state index contributed by atoms with van der Waals surface area (Å²) in [5.74, 6) is 0.103. The number of aliphatic hydroxyl groups is 1. The molecule has 0 spiro atoms. The van der Waals surface area contributed by atoms with Crippen LogP contribution < -0.4 is 0 Å². The number of hydrogen-bond acceptors (Lipinski definition) is 1. The van der Waals surface area contributed by atoms with E-state index in [1.54, 1.807) is 0 Å². The number of halogens is 1. The van der Waals surface area contributed by atoms with Gasteiger partial charge < -0.3 is 5.11 Å². The molecule has 0 fully saturated rings. The second-order valence-electron chi connectivity index (χ2n) is 4.77. The van der Waals surface area contributed by atoms with Crippen molar-refractivity contribution in [3.05, 3.63) is 70.2 Å². The standard InChI is InChI=1S/C17H19ClO/c1-2-13-7-9-14(10-8-13)16(12-19)11-15-5-3-4-6-17(15)18/h3-10,16,19H,2,11-12H2,1H3. The summed E-state index contributed by atoms with van der Waals surface area (Å²) in [6, 6.07) is 16.3. The predicted molar refractivity (Wildman–Crippen MR) is 80.8 cm³/mol. The SMILES string of the molecule is CCc1ccc(C(CO)Cc2ccccc2Cl)cc1. The first-order chi connectivity index (χ1) is 9.24. The minimum atomic E-state index is 0.103. The van der Waals surface area contributed by atoms with Gasteiger partial charge in [-0.3, -0.25) is 0 Å². The molecule has 2 aromatic carbocycles. The summed E-state index contributed by atoms with van der Waals surface area (Å²) in [7, 11) is 0. The van der Waals surface area contributed by atoms with E-state index in [-0.39, 0.29) is 12.5 Å². The molecular formula is C17H19ClO. The number of benzene rings is 2. The summed E-state index contributed by atoms with van der Waals surface area (Å²) < 4.78 is 0. The van der Waals surface area contributed by atoms with Crippen LogP contribution in [0.5, 0.6) is 0 Å². The number of aliphatic hydroxyl groups excluding tert-OH is 1. The van der Waals surface area contributed by atoms with E-state index < -0.39 is 0 Å². The molecule has 2 aromatic rings. The first-order valence-corrected chi connectivity index (χ1v) is 7.05. The zero-order valence-corrected chi connectivity index (χ0v) is 11.9. The smallest absolute Gasteiger partial charge is 0.0502 e. The van der Waals surface area contributed by atoms with Crippen LogP contribution in [0.25, 0.3) is 0 Å². The van der Waals surface area contributed by atoms with Crippen molar-refractivity contribution >= 4 is 11.6 Å². The third kappa shape index (κ3) is 3.59. The van der Waals surface area contributed by atoms with Crippen molar-refractivity contribution in [2.24, 2.45) is 0 Å². The lowest BCUT2D eigenvalue weighted by molar-refractivity contribution is 0.264. The quantitative estimate of drug-likeness (QED) is 0.865. The molecule has 0 saturated carbocycles. The zero-order valence-electron chi connectivity index (χ0n) is 11.1. The first kappa shape index (κ1) is 14.1. The second-order valence-corrected chi connectivity index (χ2v) is 5.18. The first-order valence-electron chi connectivity index (χ1n) is 6.67. The van der Waals surface area contributed by atoms with E-state index in [1.165, 1.54) is 11.1 Å². The van der Waals surface area contributed by atoms with Gasteiger partial charge in [-0.25, -0.2) is 0 Å². The van der Waals surface area contributed by atoms with Crippen LogP contribution in [0.1, 0.15) is 29.5 Å². The van der Waals surface area contributed by atoms with Gasteiger partial charge in [-0.15, -0.1) is 0 Å². The van der Waals surface area contributed by atoms with Gasteiger partial charge in [-0.2, -0.15) is 0 Å². The lowest BCUT2D eigenvalue weighted by atomic mass is 9.92. The Morgan fingerprint density at radius 2 is 1.74 bits per heavy atom. The maximum absolute atomic E-state index is 9.62. The number of hydrogen-bond donors (Lipinski definition) is 1. The molecule has 0 saturated heterocycles. The molecule has 1 nitrogen and oxygen atoms in total. The Labute approximate surface area is 119 Å². The molecule has 0 amide bonds. The summed E-state index contributed by atoms with van der Waals surface area (Å²) in [6.07, 6.45) is 1.80. The lowest BCUT2D eigenvalue weighted by Gasteiger charge is -2.16. The topological polar surface area (TPSA) is 20.2 Å². The minimum Gasteiger partial charge on any atom is -0.396 e. The third-order valence-corrected chi connectivity index (χ3v) is 3.87. The van der Waals surface area contributed by atoms with Crippen LogP contribution in [0.2, 0.25) is 5.02 Å². The van der Waals surface area contributed by atoms with Gasteiger partial charge in [0.15, 0.2) is 0 Å². The summed E-state index contributed by atoms with van der Waals surface area (Å²) >= 11 is 6.18. The fraction of sp³-hybridized carbons (Fsp3) is 0.294. The summed E-state index contributed by atoms with van der Waals surface area (Å²) in [6.45, 7) is 2.28. The average Bonchev–Trinajstić information content (AvgIpc) is 2.47. The Bertz CT molecular complexity index is 519. The highest BCUT2D eigenvalue weighted by Crippen LogP contribution is 2.25. The van der Waals surface area contributed by atoms with Gasteiger partial charge >= 0.3 is 0 Å². The van der Waals surface area contributed by atoms with Crippen molar-refractivity contribution in [1.29, 1.82) is 0 Å². The van der Waals surface area contributed by atoms with Crippen LogP contribution in [0.4, 0.5) is 0 Å². The van der Waals surface area contributed by atoms with E-state index in [1.807, 2.05) is 24.3 Å². The van der Waals surface area contributed by atoms with E-state index in [0.717, 1.165) is 23.4 Å². The van der Waals surface area contributed by atoms with Gasteiger partial charge in [0.25, 0.3) is 0 Å². The molecule has 2 heteroatoms. The molecule has 0 aliphatic rings. The monoisotopic (exact) mass is 274 g/mol. The Kier molecular flexibility index (Phi) is 5.00. The van der Waals surface area contributed by atoms with Crippen molar-refractivity contribution in [3.8, 4) is 0 Å². The molecule has 100 valence electrons. The van der Waals surface area contributed by atoms with Crippen LogP contribution in [-0.2, 0) is 12.8 Å². The van der Waals surface area contributed by atoms with Gasteiger partial charge in [0.05, 0.1) is 6.61 Å². The Morgan fingerprint density at radius 1 is 1.05 bits per heavy atom. The van der Waals surface area contributed by atoms with Crippen LogP contribution in [-0.4, -0.2) is 11.7 Å². The number of rotatable bonds is 5. The summed E-state index contributed by atoms with van der Waals surface area (Å²) in [5.41, 5.74) is 3.57. The Balaban J connectivity index is 2.17. The fourth-order valence-electron chi connectivity index (χ4n) is 2.24. The molecule has 0 aliphatic carbocycles. The van der Waals surface area contributed by atoms with Crippen molar-refractivity contribution in [1.82, 2.24) is 0 Å². The normalized spacial score (nSPS) is 12.4. The molecule has 2 rings (SSSR count). The molecule has 1 unspecified atom stereocenters. The van der Waals surface area contributed by atoms with Crippen LogP contribution in [0.15, 0.2) is 48.5 Å². The van der Waals surface area contributed by atoms with Crippen molar-refractivity contribution in [2.75, 3.05) is 6.61 Å². The Morgan fingerprint density at radius 3 is 2.32 bits per heavy atom. The third-order valence-electron chi connectivity index (χ3n) is 3.50. The highest BCUT2D eigenvalue weighted by molar-refractivity contribution is 6.31. The number of aryl methyl sites for hydroxylation is 1. The molecule has 1 atom stereocenters. The molecule has 0 aliphatic heterocycles. The van der Waals surface area contributed by atoms with Gasteiger partial charge in [0.1, 0.15) is 0 Å².